The lowest BCUT2D eigenvalue weighted by atomic mass is 10.2. The summed E-state index contributed by atoms with van der Waals surface area (Å²) in [5.74, 6) is 1.34. The Morgan fingerprint density at radius 2 is 2.31 bits per heavy atom. The summed E-state index contributed by atoms with van der Waals surface area (Å²) in [7, 11) is 1.67. The number of aromatic nitrogens is 2. The van der Waals surface area contributed by atoms with Gasteiger partial charge in [-0.15, -0.1) is 11.6 Å². The molecular weight excluding hydrogens is 224 g/mol. The van der Waals surface area contributed by atoms with Gasteiger partial charge in [-0.05, 0) is 17.7 Å². The maximum absolute atomic E-state index is 5.81. The van der Waals surface area contributed by atoms with E-state index in [4.69, 9.17) is 16.3 Å². The molecule has 0 N–H and O–H groups in total. The van der Waals surface area contributed by atoms with Crippen LogP contribution < -0.4 is 4.74 Å². The number of halogens is 1. The second-order valence-corrected chi connectivity index (χ2v) is 3.77. The van der Waals surface area contributed by atoms with Crippen LogP contribution in [0.2, 0.25) is 0 Å². The van der Waals surface area contributed by atoms with Crippen molar-refractivity contribution in [1.29, 1.82) is 0 Å². The van der Waals surface area contributed by atoms with Crippen molar-refractivity contribution in [2.45, 2.75) is 12.4 Å². The minimum atomic E-state index is 0.476. The highest BCUT2D eigenvalue weighted by Crippen LogP contribution is 2.14. The lowest BCUT2D eigenvalue weighted by Crippen LogP contribution is -2.01. The number of hydrogen-bond acceptors (Lipinski definition) is 2. The van der Waals surface area contributed by atoms with Crippen molar-refractivity contribution in [2.24, 2.45) is 0 Å². The Balaban J connectivity index is 2.20. The first-order chi connectivity index (χ1) is 7.83. The third kappa shape index (κ3) is 2.36. The zero-order valence-corrected chi connectivity index (χ0v) is 9.81. The quantitative estimate of drug-likeness (QED) is 0.764. The van der Waals surface area contributed by atoms with Crippen LogP contribution >= 0.6 is 11.6 Å². The molecule has 1 aromatic carbocycles. The normalized spacial score (nSPS) is 10.4. The number of hydrogen-bond donors (Lipinski definition) is 0. The third-order valence-corrected chi connectivity index (χ3v) is 2.70. The van der Waals surface area contributed by atoms with E-state index < -0.39 is 0 Å². The van der Waals surface area contributed by atoms with Gasteiger partial charge in [0.15, 0.2) is 0 Å². The van der Waals surface area contributed by atoms with Crippen LogP contribution in [0.4, 0.5) is 0 Å². The fraction of sp³-hybridized carbons (Fsp3) is 0.250. The highest BCUT2D eigenvalue weighted by atomic mass is 35.5. The van der Waals surface area contributed by atoms with Gasteiger partial charge in [-0.1, -0.05) is 12.1 Å². The Morgan fingerprint density at radius 1 is 1.44 bits per heavy atom. The molecule has 0 atom stereocenters. The van der Waals surface area contributed by atoms with E-state index in [1.807, 2.05) is 22.8 Å². The number of alkyl halides is 1. The predicted molar refractivity (Wildman–Crippen MR) is 63.9 cm³/mol. The van der Waals surface area contributed by atoms with Crippen LogP contribution in [-0.4, -0.2) is 16.7 Å². The first kappa shape index (κ1) is 11.0. The van der Waals surface area contributed by atoms with Gasteiger partial charge in [0, 0.05) is 12.7 Å². The van der Waals surface area contributed by atoms with E-state index in [9.17, 15) is 0 Å². The van der Waals surface area contributed by atoms with Crippen LogP contribution in [0, 0.1) is 0 Å². The Labute approximate surface area is 99.6 Å². The molecule has 0 saturated heterocycles. The lowest BCUT2D eigenvalue weighted by Gasteiger charge is -2.07. The van der Waals surface area contributed by atoms with Crippen LogP contribution in [-0.2, 0) is 12.4 Å². The van der Waals surface area contributed by atoms with E-state index in [0.29, 0.717) is 5.88 Å². The van der Waals surface area contributed by atoms with E-state index in [0.717, 1.165) is 18.0 Å². The highest BCUT2D eigenvalue weighted by Gasteiger charge is 2.02. The van der Waals surface area contributed by atoms with Crippen molar-refractivity contribution < 1.29 is 4.74 Å². The maximum atomic E-state index is 5.81. The SMILES string of the molecule is COc1cccc(Cn2cncc2CCl)c1. The van der Waals surface area contributed by atoms with Crippen molar-refractivity contribution in [2.75, 3.05) is 7.11 Å². The standard InChI is InChI=1S/C12H13ClN2O/c1-16-12-4-2-3-10(5-12)8-15-9-14-7-11(15)6-13/h2-5,7,9H,6,8H2,1H3. The molecule has 0 aliphatic rings. The van der Waals surface area contributed by atoms with Gasteiger partial charge in [0.05, 0.1) is 25.0 Å². The molecule has 84 valence electrons. The summed E-state index contributed by atoms with van der Waals surface area (Å²) in [4.78, 5) is 4.08. The molecule has 1 heterocycles. The smallest absolute Gasteiger partial charge is 0.119 e. The molecule has 0 aliphatic heterocycles. The summed E-state index contributed by atoms with van der Waals surface area (Å²) in [6.45, 7) is 0.763. The van der Waals surface area contributed by atoms with Gasteiger partial charge in [-0.25, -0.2) is 4.98 Å². The minimum absolute atomic E-state index is 0.476. The largest absolute Gasteiger partial charge is 0.497 e. The summed E-state index contributed by atoms with van der Waals surface area (Å²) in [6.07, 6.45) is 3.57. The van der Waals surface area contributed by atoms with Crippen LogP contribution in [0.25, 0.3) is 0 Å². The Hall–Kier alpha value is -1.48. The minimum Gasteiger partial charge on any atom is -0.497 e. The first-order valence-corrected chi connectivity index (χ1v) is 5.55. The molecule has 16 heavy (non-hydrogen) atoms. The number of ether oxygens (including phenoxy) is 1. The Morgan fingerprint density at radius 3 is 3.06 bits per heavy atom. The van der Waals surface area contributed by atoms with E-state index >= 15 is 0 Å². The molecule has 0 aliphatic carbocycles. The molecule has 1 aromatic heterocycles. The van der Waals surface area contributed by atoms with Crippen LogP contribution in [0.3, 0.4) is 0 Å². The lowest BCUT2D eigenvalue weighted by molar-refractivity contribution is 0.414. The molecule has 4 heteroatoms. The van der Waals surface area contributed by atoms with Crippen molar-refractivity contribution in [3.8, 4) is 5.75 Å². The molecule has 2 rings (SSSR count). The van der Waals surface area contributed by atoms with Crippen molar-refractivity contribution in [3.05, 3.63) is 48.0 Å². The fourth-order valence-corrected chi connectivity index (χ4v) is 1.79. The second-order valence-electron chi connectivity index (χ2n) is 3.50. The first-order valence-electron chi connectivity index (χ1n) is 5.01. The average Bonchev–Trinajstić information content (AvgIpc) is 2.76. The Kier molecular flexibility index (Phi) is 3.47. The molecule has 3 nitrogen and oxygen atoms in total. The van der Waals surface area contributed by atoms with E-state index in [-0.39, 0.29) is 0 Å². The number of benzene rings is 1. The van der Waals surface area contributed by atoms with E-state index in [1.54, 1.807) is 19.6 Å². The molecule has 0 bridgehead atoms. The number of nitrogens with zero attached hydrogens (tertiary/aromatic N) is 2. The van der Waals surface area contributed by atoms with Crippen molar-refractivity contribution in [1.82, 2.24) is 9.55 Å². The predicted octanol–water partition coefficient (Wildman–Crippen LogP) is 2.68. The van der Waals surface area contributed by atoms with Crippen molar-refractivity contribution in [3.63, 3.8) is 0 Å². The molecule has 0 unspecified atom stereocenters. The van der Waals surface area contributed by atoms with Gasteiger partial charge < -0.3 is 9.30 Å². The van der Waals surface area contributed by atoms with Crippen LogP contribution in [0.1, 0.15) is 11.3 Å². The van der Waals surface area contributed by atoms with Gasteiger partial charge in [-0.3, -0.25) is 0 Å². The number of methoxy groups -OCH3 is 1. The third-order valence-electron chi connectivity index (χ3n) is 2.42. The highest BCUT2D eigenvalue weighted by molar-refractivity contribution is 6.16. The summed E-state index contributed by atoms with van der Waals surface area (Å²) in [5, 5.41) is 0. The Bertz CT molecular complexity index is 468. The monoisotopic (exact) mass is 236 g/mol. The maximum Gasteiger partial charge on any atom is 0.119 e. The molecule has 0 fully saturated rings. The van der Waals surface area contributed by atoms with Gasteiger partial charge >= 0.3 is 0 Å². The van der Waals surface area contributed by atoms with E-state index in [2.05, 4.69) is 11.1 Å². The molecule has 0 spiro atoms. The number of rotatable bonds is 4. The molecule has 0 amide bonds. The number of imidazole rings is 1. The summed E-state index contributed by atoms with van der Waals surface area (Å²) >= 11 is 5.81. The summed E-state index contributed by atoms with van der Waals surface area (Å²) in [5.41, 5.74) is 2.19. The molecule has 0 radical (unpaired) electrons. The van der Waals surface area contributed by atoms with Crippen LogP contribution in [0.5, 0.6) is 5.75 Å². The van der Waals surface area contributed by atoms with Gasteiger partial charge in [0.2, 0.25) is 0 Å². The summed E-state index contributed by atoms with van der Waals surface area (Å²) < 4.78 is 7.21. The molecule has 2 aromatic rings. The zero-order chi connectivity index (χ0) is 11.4. The second kappa shape index (κ2) is 5.03. The average molecular weight is 237 g/mol. The van der Waals surface area contributed by atoms with Gasteiger partial charge in [0.1, 0.15) is 5.75 Å². The van der Waals surface area contributed by atoms with Crippen molar-refractivity contribution >= 4 is 11.6 Å². The zero-order valence-electron chi connectivity index (χ0n) is 9.06. The van der Waals surface area contributed by atoms with Crippen LogP contribution in [0.15, 0.2) is 36.8 Å². The summed E-state index contributed by atoms with van der Waals surface area (Å²) in [6, 6.07) is 7.98. The molecule has 0 saturated carbocycles. The fourth-order valence-electron chi connectivity index (χ4n) is 1.57. The van der Waals surface area contributed by atoms with Gasteiger partial charge in [-0.2, -0.15) is 0 Å². The molecular formula is C12H13ClN2O. The van der Waals surface area contributed by atoms with E-state index in [1.165, 1.54) is 5.56 Å². The van der Waals surface area contributed by atoms with Gasteiger partial charge in [0.25, 0.3) is 0 Å². The topological polar surface area (TPSA) is 27.1 Å².